The van der Waals surface area contributed by atoms with E-state index in [2.05, 4.69) is 37.5 Å². The van der Waals surface area contributed by atoms with Gasteiger partial charge in [-0.1, -0.05) is 50.9 Å². The second-order valence-electron chi connectivity index (χ2n) is 7.69. The van der Waals surface area contributed by atoms with E-state index in [1.807, 2.05) is 0 Å². The third-order valence-electron chi connectivity index (χ3n) is 5.70. The molecule has 2 aromatic rings. The molecule has 34 heavy (non-hydrogen) atoms. The summed E-state index contributed by atoms with van der Waals surface area (Å²) < 4.78 is 11.7. The van der Waals surface area contributed by atoms with Gasteiger partial charge in [-0.2, -0.15) is 0 Å². The van der Waals surface area contributed by atoms with Crippen LogP contribution in [0, 0.1) is 0 Å². The highest BCUT2D eigenvalue weighted by Crippen LogP contribution is 2.28. The Morgan fingerprint density at radius 3 is 1.35 bits per heavy atom. The highest BCUT2D eigenvalue weighted by Gasteiger charge is 2.26. The molecule has 0 atom stereocenters. The number of ether oxygens (including phenoxy) is 2. The molecule has 0 fully saturated rings. The lowest BCUT2D eigenvalue weighted by Crippen LogP contribution is -2.28. The van der Waals surface area contributed by atoms with Crippen molar-refractivity contribution in [3.8, 4) is 11.5 Å². The summed E-state index contributed by atoms with van der Waals surface area (Å²) in [6.07, 6.45) is 0. The van der Waals surface area contributed by atoms with Gasteiger partial charge in [-0.25, -0.2) is 0 Å². The van der Waals surface area contributed by atoms with E-state index in [4.69, 9.17) is 32.7 Å². The minimum atomic E-state index is -0.726. The normalized spacial score (nSPS) is 11.2. The van der Waals surface area contributed by atoms with Crippen LogP contribution in [0.3, 0.4) is 0 Å². The third-order valence-corrected chi connectivity index (χ3v) is 6.17. The first kappa shape index (κ1) is 28.1. The third kappa shape index (κ3) is 7.98. The molecule has 0 saturated carbocycles. The van der Waals surface area contributed by atoms with Crippen LogP contribution >= 0.6 is 23.2 Å². The van der Waals surface area contributed by atoms with Crippen LogP contribution in [-0.2, 0) is 0 Å². The number of benzene rings is 2. The second-order valence-corrected chi connectivity index (χ2v) is 8.56. The molecule has 2 aromatic carbocycles. The zero-order chi connectivity index (χ0) is 25.1. The minimum absolute atomic E-state index is 0.117. The van der Waals surface area contributed by atoms with Crippen LogP contribution < -0.4 is 9.47 Å². The lowest BCUT2D eigenvalue weighted by molar-refractivity contribution is 0.0811. The van der Waals surface area contributed by atoms with Crippen LogP contribution in [0.1, 0.15) is 48.4 Å². The zero-order valence-corrected chi connectivity index (χ0v) is 21.9. The summed E-state index contributed by atoms with van der Waals surface area (Å²) >= 11 is 12.3. The smallest absolute Gasteiger partial charge is 0.237 e. The van der Waals surface area contributed by atoms with Gasteiger partial charge in [0.2, 0.25) is 11.6 Å². The fourth-order valence-corrected chi connectivity index (χ4v) is 3.85. The van der Waals surface area contributed by atoms with E-state index in [1.165, 1.54) is 12.1 Å². The molecule has 186 valence electrons. The fourth-order valence-electron chi connectivity index (χ4n) is 3.50. The molecule has 6 nitrogen and oxygen atoms in total. The van der Waals surface area contributed by atoms with Gasteiger partial charge in [-0.15, -0.1) is 0 Å². The van der Waals surface area contributed by atoms with Crippen LogP contribution in [0.25, 0.3) is 0 Å². The maximum atomic E-state index is 13.3. The zero-order valence-electron chi connectivity index (χ0n) is 20.4. The van der Waals surface area contributed by atoms with Crippen LogP contribution in [0.15, 0.2) is 36.4 Å². The van der Waals surface area contributed by atoms with Crippen LogP contribution in [0.2, 0.25) is 10.0 Å². The van der Waals surface area contributed by atoms with Crippen molar-refractivity contribution in [2.45, 2.75) is 27.7 Å². The summed E-state index contributed by atoms with van der Waals surface area (Å²) in [5.41, 5.74) is 0.234. The predicted molar refractivity (Wildman–Crippen MR) is 138 cm³/mol. The van der Waals surface area contributed by atoms with E-state index >= 15 is 0 Å². The molecule has 8 heteroatoms. The lowest BCUT2D eigenvalue weighted by atomic mass is 10.00. The van der Waals surface area contributed by atoms with E-state index in [0.717, 1.165) is 26.2 Å². The van der Waals surface area contributed by atoms with Gasteiger partial charge in [0.1, 0.15) is 24.7 Å². The number of Topliss-reactive ketones (excluding diaryl/α,β-unsaturated/α-hetero) is 2. The lowest BCUT2D eigenvalue weighted by Gasteiger charge is -2.19. The summed E-state index contributed by atoms with van der Waals surface area (Å²) in [4.78, 5) is 30.9. The van der Waals surface area contributed by atoms with Gasteiger partial charge in [0.25, 0.3) is 0 Å². The van der Waals surface area contributed by atoms with Gasteiger partial charge >= 0.3 is 0 Å². The van der Waals surface area contributed by atoms with E-state index < -0.39 is 11.6 Å². The number of rotatable bonds is 15. The SMILES string of the molecule is CCN(CC)CCOc1ccc(Cl)cc1C(=O)C(=O)c1cc(Cl)ccc1OCCN(CC)CC. The highest BCUT2D eigenvalue weighted by atomic mass is 35.5. The van der Waals surface area contributed by atoms with Crippen molar-refractivity contribution >= 4 is 34.8 Å². The van der Waals surface area contributed by atoms with Crippen molar-refractivity contribution in [1.29, 1.82) is 0 Å². The molecule has 0 saturated heterocycles. The van der Waals surface area contributed by atoms with Gasteiger partial charge in [0, 0.05) is 23.1 Å². The number of carbonyl (C=O) groups is 2. The summed E-state index contributed by atoms with van der Waals surface area (Å²) in [5, 5.41) is 0.683. The minimum Gasteiger partial charge on any atom is -0.491 e. The van der Waals surface area contributed by atoms with Gasteiger partial charge in [-0.3, -0.25) is 9.59 Å². The molecule has 0 bridgehead atoms. The highest BCUT2D eigenvalue weighted by molar-refractivity contribution is 6.50. The fraction of sp³-hybridized carbons (Fsp3) is 0.462. The number of halogens is 2. The monoisotopic (exact) mass is 508 g/mol. The van der Waals surface area contributed by atoms with Gasteiger partial charge in [0.15, 0.2) is 0 Å². The Morgan fingerprint density at radius 2 is 1.03 bits per heavy atom. The van der Waals surface area contributed by atoms with E-state index in [9.17, 15) is 9.59 Å². The molecule has 0 N–H and O–H groups in total. The Kier molecular flexibility index (Phi) is 11.8. The Morgan fingerprint density at radius 1 is 0.676 bits per heavy atom. The van der Waals surface area contributed by atoms with Crippen LogP contribution in [-0.4, -0.2) is 73.8 Å². The van der Waals surface area contributed by atoms with Crippen molar-refractivity contribution in [3.63, 3.8) is 0 Å². The summed E-state index contributed by atoms with van der Waals surface area (Å²) in [6, 6.07) is 9.42. The average Bonchev–Trinajstić information content (AvgIpc) is 2.85. The maximum absolute atomic E-state index is 13.3. The molecule has 0 aliphatic rings. The van der Waals surface area contributed by atoms with Crippen molar-refractivity contribution in [1.82, 2.24) is 9.80 Å². The molecule has 0 aliphatic carbocycles. The first-order valence-electron chi connectivity index (χ1n) is 11.7. The van der Waals surface area contributed by atoms with E-state index in [-0.39, 0.29) is 11.1 Å². The standard InChI is InChI=1S/C26H34Cl2N2O4/c1-5-29(6-2)13-15-33-23-11-9-19(27)17-21(23)25(31)26(32)22-18-20(28)10-12-24(22)34-16-14-30(7-3)8-4/h9-12,17-18H,5-8,13-16H2,1-4H3. The molecular weight excluding hydrogens is 475 g/mol. The predicted octanol–water partition coefficient (Wildman–Crippen LogP) is 5.50. The maximum Gasteiger partial charge on any atom is 0.237 e. The molecule has 0 aliphatic heterocycles. The first-order chi connectivity index (χ1) is 16.3. The first-order valence-corrected chi connectivity index (χ1v) is 12.5. The molecule has 0 amide bonds. The second kappa shape index (κ2) is 14.3. The Labute approximate surface area is 212 Å². The number of ketones is 2. The number of hydrogen-bond acceptors (Lipinski definition) is 6. The molecule has 0 heterocycles. The van der Waals surface area contributed by atoms with Gasteiger partial charge < -0.3 is 19.3 Å². The van der Waals surface area contributed by atoms with E-state index in [0.29, 0.717) is 47.8 Å². The number of hydrogen-bond donors (Lipinski definition) is 0. The number of carbonyl (C=O) groups excluding carboxylic acids is 2. The number of nitrogens with zero attached hydrogens (tertiary/aromatic N) is 2. The van der Waals surface area contributed by atoms with Crippen molar-refractivity contribution < 1.29 is 19.1 Å². The van der Waals surface area contributed by atoms with Gasteiger partial charge in [0.05, 0.1) is 11.1 Å². The largest absolute Gasteiger partial charge is 0.491 e. The molecule has 0 spiro atoms. The molecule has 0 aromatic heterocycles. The number of likely N-dealkylation sites (N-methyl/N-ethyl adjacent to an activating group) is 2. The molecular formula is C26H34Cl2N2O4. The Balaban J connectivity index is 2.23. The average molecular weight is 509 g/mol. The van der Waals surface area contributed by atoms with Gasteiger partial charge in [-0.05, 0) is 62.6 Å². The molecule has 2 rings (SSSR count). The Hall–Kier alpha value is -2.12. The van der Waals surface area contributed by atoms with Crippen LogP contribution in [0.4, 0.5) is 0 Å². The molecule has 0 unspecified atom stereocenters. The van der Waals surface area contributed by atoms with E-state index in [1.54, 1.807) is 24.3 Å². The topological polar surface area (TPSA) is 59.1 Å². The summed E-state index contributed by atoms with van der Waals surface area (Å²) in [7, 11) is 0. The van der Waals surface area contributed by atoms with Crippen molar-refractivity contribution in [2.75, 3.05) is 52.5 Å². The van der Waals surface area contributed by atoms with Crippen LogP contribution in [0.5, 0.6) is 11.5 Å². The summed E-state index contributed by atoms with van der Waals surface area (Å²) in [6.45, 7) is 14.1. The Bertz CT molecular complexity index is 882. The van der Waals surface area contributed by atoms with Crippen molar-refractivity contribution in [3.05, 3.63) is 57.6 Å². The van der Waals surface area contributed by atoms with Crippen molar-refractivity contribution in [2.24, 2.45) is 0 Å². The summed E-state index contributed by atoms with van der Waals surface area (Å²) in [5.74, 6) is -0.811. The molecule has 0 radical (unpaired) electrons. The quantitative estimate of drug-likeness (QED) is 0.234.